The summed E-state index contributed by atoms with van der Waals surface area (Å²) in [5.41, 5.74) is 4.93. The average Bonchev–Trinajstić information content (AvgIpc) is 2.59. The van der Waals surface area contributed by atoms with Crippen molar-refractivity contribution in [3.63, 3.8) is 0 Å². The maximum atomic E-state index is 12.7. The second kappa shape index (κ2) is 7.09. The van der Waals surface area contributed by atoms with Gasteiger partial charge in [-0.05, 0) is 50.5 Å². The smallest absolute Gasteiger partial charge is 0.338 e. The Kier molecular flexibility index (Phi) is 4.88. The molecule has 25 heavy (non-hydrogen) atoms. The third-order valence-corrected chi connectivity index (χ3v) is 4.53. The van der Waals surface area contributed by atoms with Crippen molar-refractivity contribution >= 4 is 11.9 Å². The molecule has 1 heterocycles. The molecule has 0 bridgehead atoms. The topological polar surface area (TPSA) is 46.6 Å². The van der Waals surface area contributed by atoms with Gasteiger partial charge in [0, 0.05) is 13.1 Å². The molecule has 1 aliphatic heterocycles. The lowest BCUT2D eigenvalue weighted by Crippen LogP contribution is -2.42. The van der Waals surface area contributed by atoms with Gasteiger partial charge in [-0.3, -0.25) is 4.79 Å². The van der Waals surface area contributed by atoms with Crippen molar-refractivity contribution in [2.75, 3.05) is 6.54 Å². The van der Waals surface area contributed by atoms with Crippen LogP contribution in [0.4, 0.5) is 0 Å². The molecule has 0 aliphatic carbocycles. The summed E-state index contributed by atoms with van der Waals surface area (Å²) in [6.07, 6.45) is 0.0400. The largest absolute Gasteiger partial charge is 0.449 e. The standard InChI is InChI=1S/C21H23NO3/c1-14-10-15(2)12-19(11-14)21(24)25-16(3)20(23)22-9-8-17-6-4-5-7-18(17)13-22/h4-7,10-12,16H,8-9,13H2,1-3H3/t16-/m0/s1. The third-order valence-electron chi connectivity index (χ3n) is 4.53. The van der Waals surface area contributed by atoms with Gasteiger partial charge in [-0.1, -0.05) is 41.5 Å². The van der Waals surface area contributed by atoms with Crippen molar-refractivity contribution in [3.05, 3.63) is 70.3 Å². The average molecular weight is 337 g/mol. The number of fused-ring (bicyclic) bond motifs is 1. The quantitative estimate of drug-likeness (QED) is 0.806. The Labute approximate surface area is 148 Å². The van der Waals surface area contributed by atoms with E-state index >= 15 is 0 Å². The van der Waals surface area contributed by atoms with Gasteiger partial charge in [-0.2, -0.15) is 0 Å². The number of nitrogens with zero attached hydrogens (tertiary/aromatic N) is 1. The minimum absolute atomic E-state index is 0.146. The van der Waals surface area contributed by atoms with Crippen molar-refractivity contribution in [2.45, 2.75) is 39.8 Å². The molecule has 130 valence electrons. The molecule has 0 aromatic heterocycles. The minimum atomic E-state index is -0.793. The molecule has 4 heteroatoms. The molecule has 0 saturated carbocycles. The van der Waals surface area contributed by atoms with E-state index in [4.69, 9.17) is 4.74 Å². The van der Waals surface area contributed by atoms with E-state index in [1.165, 1.54) is 5.56 Å². The van der Waals surface area contributed by atoms with Crippen LogP contribution in [0.25, 0.3) is 0 Å². The van der Waals surface area contributed by atoms with Crippen LogP contribution in [-0.4, -0.2) is 29.4 Å². The Bertz CT molecular complexity index is 792. The molecule has 0 saturated heterocycles. The number of carbonyl (C=O) groups excluding carboxylic acids is 2. The Balaban J connectivity index is 1.66. The summed E-state index contributed by atoms with van der Waals surface area (Å²) in [6, 6.07) is 13.7. The van der Waals surface area contributed by atoms with Crippen molar-refractivity contribution in [1.29, 1.82) is 0 Å². The maximum Gasteiger partial charge on any atom is 0.338 e. The predicted molar refractivity (Wildman–Crippen MR) is 96.4 cm³/mol. The minimum Gasteiger partial charge on any atom is -0.449 e. The highest BCUT2D eigenvalue weighted by molar-refractivity contribution is 5.92. The van der Waals surface area contributed by atoms with Gasteiger partial charge in [0.25, 0.3) is 5.91 Å². The van der Waals surface area contributed by atoms with E-state index in [0.29, 0.717) is 18.7 Å². The maximum absolute atomic E-state index is 12.7. The van der Waals surface area contributed by atoms with Gasteiger partial charge in [-0.15, -0.1) is 0 Å². The van der Waals surface area contributed by atoms with Crippen molar-refractivity contribution in [1.82, 2.24) is 4.90 Å². The Hall–Kier alpha value is -2.62. The lowest BCUT2D eigenvalue weighted by Gasteiger charge is -2.30. The fourth-order valence-corrected chi connectivity index (χ4v) is 3.31. The monoisotopic (exact) mass is 337 g/mol. The van der Waals surface area contributed by atoms with Crippen LogP contribution in [0.5, 0.6) is 0 Å². The number of ether oxygens (including phenoxy) is 1. The number of rotatable bonds is 3. The van der Waals surface area contributed by atoms with Crippen LogP contribution < -0.4 is 0 Å². The number of aryl methyl sites for hydroxylation is 2. The first kappa shape index (κ1) is 17.2. The first-order chi connectivity index (χ1) is 11.9. The summed E-state index contributed by atoms with van der Waals surface area (Å²) in [6.45, 7) is 6.73. The first-order valence-electron chi connectivity index (χ1n) is 8.59. The van der Waals surface area contributed by atoms with E-state index in [1.54, 1.807) is 24.0 Å². The van der Waals surface area contributed by atoms with Crippen LogP contribution in [0.3, 0.4) is 0 Å². The van der Waals surface area contributed by atoms with E-state index in [-0.39, 0.29) is 5.91 Å². The van der Waals surface area contributed by atoms with E-state index in [1.807, 2.05) is 38.1 Å². The molecule has 1 aliphatic rings. The molecule has 0 radical (unpaired) electrons. The normalized spacial score (nSPS) is 14.6. The van der Waals surface area contributed by atoms with Gasteiger partial charge in [0.05, 0.1) is 5.56 Å². The fourth-order valence-electron chi connectivity index (χ4n) is 3.31. The lowest BCUT2D eigenvalue weighted by atomic mass is 9.99. The third kappa shape index (κ3) is 3.90. The predicted octanol–water partition coefficient (Wildman–Crippen LogP) is 3.43. The van der Waals surface area contributed by atoms with Gasteiger partial charge in [0.2, 0.25) is 0 Å². The van der Waals surface area contributed by atoms with Crippen LogP contribution in [-0.2, 0) is 22.5 Å². The van der Waals surface area contributed by atoms with Crippen molar-refractivity contribution < 1.29 is 14.3 Å². The van der Waals surface area contributed by atoms with E-state index in [9.17, 15) is 9.59 Å². The van der Waals surface area contributed by atoms with E-state index in [0.717, 1.165) is 23.1 Å². The number of esters is 1. The SMILES string of the molecule is Cc1cc(C)cc(C(=O)O[C@@H](C)C(=O)N2CCc3ccccc3C2)c1. The molecule has 0 N–H and O–H groups in total. The zero-order valence-corrected chi connectivity index (χ0v) is 14.9. The van der Waals surface area contributed by atoms with E-state index < -0.39 is 12.1 Å². The van der Waals surface area contributed by atoms with Gasteiger partial charge < -0.3 is 9.64 Å². The van der Waals surface area contributed by atoms with Crippen LogP contribution >= 0.6 is 0 Å². The van der Waals surface area contributed by atoms with Gasteiger partial charge in [0.1, 0.15) is 0 Å². The highest BCUT2D eigenvalue weighted by Crippen LogP contribution is 2.20. The van der Waals surface area contributed by atoms with Crippen LogP contribution in [0.1, 0.15) is 39.5 Å². The Morgan fingerprint density at radius 1 is 1.04 bits per heavy atom. The molecule has 2 aromatic carbocycles. The highest BCUT2D eigenvalue weighted by atomic mass is 16.5. The van der Waals surface area contributed by atoms with Crippen LogP contribution in [0.2, 0.25) is 0 Å². The molecule has 0 spiro atoms. The second-order valence-corrected chi connectivity index (χ2v) is 6.70. The van der Waals surface area contributed by atoms with E-state index in [2.05, 4.69) is 6.07 Å². The first-order valence-corrected chi connectivity index (χ1v) is 8.59. The zero-order chi connectivity index (χ0) is 18.0. The Morgan fingerprint density at radius 2 is 1.68 bits per heavy atom. The summed E-state index contributed by atoms with van der Waals surface area (Å²) in [4.78, 5) is 26.8. The summed E-state index contributed by atoms with van der Waals surface area (Å²) < 4.78 is 5.42. The molecule has 1 atom stereocenters. The number of hydrogen-bond donors (Lipinski definition) is 0. The Morgan fingerprint density at radius 3 is 2.36 bits per heavy atom. The summed E-state index contributed by atoms with van der Waals surface area (Å²) in [5.74, 6) is -0.600. The van der Waals surface area contributed by atoms with Crippen molar-refractivity contribution in [2.24, 2.45) is 0 Å². The lowest BCUT2D eigenvalue weighted by molar-refractivity contribution is -0.140. The molecule has 4 nitrogen and oxygen atoms in total. The van der Waals surface area contributed by atoms with Gasteiger partial charge >= 0.3 is 5.97 Å². The number of amides is 1. The van der Waals surface area contributed by atoms with Gasteiger partial charge in [0.15, 0.2) is 6.10 Å². The molecule has 3 rings (SSSR count). The molecule has 2 aromatic rings. The molecule has 1 amide bonds. The number of carbonyl (C=O) groups is 2. The number of hydrogen-bond acceptors (Lipinski definition) is 3. The molecule has 0 fully saturated rings. The fraction of sp³-hybridized carbons (Fsp3) is 0.333. The molecular weight excluding hydrogens is 314 g/mol. The summed E-state index contributed by atoms with van der Waals surface area (Å²) in [7, 11) is 0. The summed E-state index contributed by atoms with van der Waals surface area (Å²) in [5, 5.41) is 0. The summed E-state index contributed by atoms with van der Waals surface area (Å²) >= 11 is 0. The number of benzene rings is 2. The zero-order valence-electron chi connectivity index (χ0n) is 14.9. The molecule has 0 unspecified atom stereocenters. The molecular formula is C21H23NO3. The highest BCUT2D eigenvalue weighted by Gasteiger charge is 2.27. The van der Waals surface area contributed by atoms with Gasteiger partial charge in [-0.25, -0.2) is 4.79 Å². The van der Waals surface area contributed by atoms with Crippen LogP contribution in [0.15, 0.2) is 42.5 Å². The van der Waals surface area contributed by atoms with Crippen LogP contribution in [0, 0.1) is 13.8 Å². The second-order valence-electron chi connectivity index (χ2n) is 6.70. The van der Waals surface area contributed by atoms with Crippen molar-refractivity contribution in [3.8, 4) is 0 Å².